The molecular formula is C16H17N5O. The Labute approximate surface area is 129 Å². The standard InChI is InChI=1S/C16H17N5O/c1-12-18-8-14(9-19-12)10-21-5-4-15(11-21)22-16-3-2-13(6-17)7-20-16/h2-3,7-9,15H,4-5,10-11H2,1H3. The fraction of sp³-hybridized carbons (Fsp3) is 0.375. The second-order valence-electron chi connectivity index (χ2n) is 5.40. The molecular weight excluding hydrogens is 278 g/mol. The van der Waals surface area contributed by atoms with Crippen LogP contribution in [0.5, 0.6) is 5.88 Å². The van der Waals surface area contributed by atoms with Gasteiger partial charge in [0.25, 0.3) is 0 Å². The zero-order chi connectivity index (χ0) is 15.4. The lowest BCUT2D eigenvalue weighted by molar-refractivity contribution is 0.191. The molecule has 0 aliphatic carbocycles. The molecule has 3 heterocycles. The van der Waals surface area contributed by atoms with Crippen molar-refractivity contribution in [3.8, 4) is 11.9 Å². The van der Waals surface area contributed by atoms with E-state index in [2.05, 4.69) is 19.9 Å². The van der Waals surface area contributed by atoms with Crippen LogP contribution >= 0.6 is 0 Å². The van der Waals surface area contributed by atoms with Gasteiger partial charge in [0, 0.05) is 49.9 Å². The molecule has 1 atom stereocenters. The third-order valence-corrected chi connectivity index (χ3v) is 3.62. The summed E-state index contributed by atoms with van der Waals surface area (Å²) in [4.78, 5) is 14.9. The monoisotopic (exact) mass is 295 g/mol. The maximum absolute atomic E-state index is 8.76. The minimum Gasteiger partial charge on any atom is -0.473 e. The summed E-state index contributed by atoms with van der Waals surface area (Å²) in [6.45, 7) is 4.55. The zero-order valence-corrected chi connectivity index (χ0v) is 12.4. The van der Waals surface area contributed by atoms with Gasteiger partial charge in [-0.15, -0.1) is 0 Å². The molecule has 6 heteroatoms. The lowest BCUT2D eigenvalue weighted by Gasteiger charge is -2.16. The Bertz CT molecular complexity index is 662. The highest BCUT2D eigenvalue weighted by Gasteiger charge is 2.24. The first kappa shape index (κ1) is 14.4. The van der Waals surface area contributed by atoms with Gasteiger partial charge in [-0.1, -0.05) is 0 Å². The summed E-state index contributed by atoms with van der Waals surface area (Å²) in [6, 6.07) is 5.51. The molecule has 1 aliphatic heterocycles. The third-order valence-electron chi connectivity index (χ3n) is 3.62. The van der Waals surface area contributed by atoms with Crippen LogP contribution in [0.1, 0.15) is 23.4 Å². The first-order valence-corrected chi connectivity index (χ1v) is 7.25. The van der Waals surface area contributed by atoms with E-state index < -0.39 is 0 Å². The number of aryl methyl sites for hydroxylation is 1. The average molecular weight is 295 g/mol. The molecule has 1 aliphatic rings. The van der Waals surface area contributed by atoms with Gasteiger partial charge in [0.15, 0.2) is 0 Å². The molecule has 0 radical (unpaired) electrons. The van der Waals surface area contributed by atoms with Crippen LogP contribution in [-0.2, 0) is 6.54 Å². The van der Waals surface area contributed by atoms with Crippen molar-refractivity contribution in [1.82, 2.24) is 19.9 Å². The van der Waals surface area contributed by atoms with Gasteiger partial charge in [0.1, 0.15) is 18.0 Å². The number of pyridine rings is 1. The van der Waals surface area contributed by atoms with E-state index in [0.717, 1.165) is 37.4 Å². The largest absolute Gasteiger partial charge is 0.473 e. The third kappa shape index (κ3) is 3.57. The van der Waals surface area contributed by atoms with Gasteiger partial charge < -0.3 is 4.74 Å². The van der Waals surface area contributed by atoms with E-state index in [1.807, 2.05) is 25.4 Å². The maximum Gasteiger partial charge on any atom is 0.213 e. The zero-order valence-electron chi connectivity index (χ0n) is 12.4. The smallest absolute Gasteiger partial charge is 0.213 e. The topological polar surface area (TPSA) is 74.9 Å². The lowest BCUT2D eigenvalue weighted by Crippen LogP contribution is -2.25. The van der Waals surface area contributed by atoms with E-state index in [4.69, 9.17) is 10.00 Å². The van der Waals surface area contributed by atoms with Gasteiger partial charge in [0.2, 0.25) is 5.88 Å². The van der Waals surface area contributed by atoms with Crippen molar-refractivity contribution in [3.05, 3.63) is 47.7 Å². The van der Waals surface area contributed by atoms with E-state index in [1.54, 1.807) is 12.1 Å². The fourth-order valence-electron chi connectivity index (χ4n) is 2.48. The van der Waals surface area contributed by atoms with Crippen molar-refractivity contribution < 1.29 is 4.74 Å². The molecule has 6 nitrogen and oxygen atoms in total. The molecule has 2 aromatic rings. The number of hydrogen-bond acceptors (Lipinski definition) is 6. The molecule has 3 rings (SSSR count). The first-order chi connectivity index (χ1) is 10.7. The molecule has 1 unspecified atom stereocenters. The van der Waals surface area contributed by atoms with E-state index in [0.29, 0.717) is 11.4 Å². The summed E-state index contributed by atoms with van der Waals surface area (Å²) in [6.07, 6.45) is 6.38. The Morgan fingerprint density at radius 2 is 2.09 bits per heavy atom. The molecule has 0 amide bonds. The Kier molecular flexibility index (Phi) is 4.26. The van der Waals surface area contributed by atoms with Crippen LogP contribution in [0.25, 0.3) is 0 Å². The first-order valence-electron chi connectivity index (χ1n) is 7.25. The molecule has 1 fully saturated rings. The number of rotatable bonds is 4. The highest BCUT2D eigenvalue weighted by atomic mass is 16.5. The number of ether oxygens (including phenoxy) is 1. The van der Waals surface area contributed by atoms with E-state index in [1.165, 1.54) is 6.20 Å². The molecule has 0 N–H and O–H groups in total. The van der Waals surface area contributed by atoms with Crippen LogP contribution < -0.4 is 4.74 Å². The Morgan fingerprint density at radius 1 is 1.27 bits per heavy atom. The number of likely N-dealkylation sites (tertiary alicyclic amines) is 1. The predicted octanol–water partition coefficient (Wildman–Crippen LogP) is 1.70. The van der Waals surface area contributed by atoms with Crippen LogP contribution in [0.2, 0.25) is 0 Å². The molecule has 0 bridgehead atoms. The molecule has 22 heavy (non-hydrogen) atoms. The quantitative estimate of drug-likeness (QED) is 0.854. The van der Waals surface area contributed by atoms with Crippen molar-refractivity contribution in [3.63, 3.8) is 0 Å². The van der Waals surface area contributed by atoms with Crippen molar-refractivity contribution in [1.29, 1.82) is 5.26 Å². The highest BCUT2D eigenvalue weighted by molar-refractivity contribution is 5.28. The number of hydrogen-bond donors (Lipinski definition) is 0. The second kappa shape index (κ2) is 6.50. The van der Waals surface area contributed by atoms with Gasteiger partial charge in [-0.05, 0) is 19.4 Å². The lowest BCUT2D eigenvalue weighted by atomic mass is 10.3. The summed E-state index contributed by atoms with van der Waals surface area (Å²) in [5, 5.41) is 8.76. The second-order valence-corrected chi connectivity index (χ2v) is 5.40. The molecule has 0 aromatic carbocycles. The van der Waals surface area contributed by atoms with E-state index >= 15 is 0 Å². The van der Waals surface area contributed by atoms with Gasteiger partial charge in [-0.3, -0.25) is 4.90 Å². The van der Waals surface area contributed by atoms with E-state index in [9.17, 15) is 0 Å². The molecule has 0 saturated carbocycles. The highest BCUT2D eigenvalue weighted by Crippen LogP contribution is 2.18. The minimum atomic E-state index is 0.131. The average Bonchev–Trinajstić information content (AvgIpc) is 2.97. The normalized spacial score (nSPS) is 18.1. The summed E-state index contributed by atoms with van der Waals surface area (Å²) < 4.78 is 5.87. The summed E-state index contributed by atoms with van der Waals surface area (Å²) in [5.41, 5.74) is 1.66. The van der Waals surface area contributed by atoms with Gasteiger partial charge in [0.05, 0.1) is 5.56 Å². The van der Waals surface area contributed by atoms with Gasteiger partial charge in [-0.2, -0.15) is 5.26 Å². The molecule has 2 aromatic heterocycles. The molecule has 112 valence electrons. The predicted molar refractivity (Wildman–Crippen MR) is 80.0 cm³/mol. The molecule has 1 saturated heterocycles. The minimum absolute atomic E-state index is 0.131. The van der Waals surface area contributed by atoms with Crippen LogP contribution in [0, 0.1) is 18.3 Å². The number of nitriles is 1. The SMILES string of the molecule is Cc1ncc(CN2CCC(Oc3ccc(C#N)cn3)C2)cn1. The maximum atomic E-state index is 8.76. The molecule has 0 spiro atoms. The van der Waals surface area contributed by atoms with Crippen molar-refractivity contribution in [2.24, 2.45) is 0 Å². The number of nitrogens with zero attached hydrogens (tertiary/aromatic N) is 5. The van der Waals surface area contributed by atoms with E-state index in [-0.39, 0.29) is 6.10 Å². The fourth-order valence-corrected chi connectivity index (χ4v) is 2.48. The van der Waals surface area contributed by atoms with Crippen LogP contribution in [0.4, 0.5) is 0 Å². The van der Waals surface area contributed by atoms with Gasteiger partial charge in [-0.25, -0.2) is 15.0 Å². The van der Waals surface area contributed by atoms with Crippen molar-refractivity contribution in [2.45, 2.75) is 26.0 Å². The summed E-state index contributed by atoms with van der Waals surface area (Å²) in [7, 11) is 0. The van der Waals surface area contributed by atoms with Crippen LogP contribution in [0.3, 0.4) is 0 Å². The Hall–Kier alpha value is -2.52. The summed E-state index contributed by atoms with van der Waals surface area (Å²) in [5.74, 6) is 1.36. The Balaban J connectivity index is 1.53. The van der Waals surface area contributed by atoms with Crippen molar-refractivity contribution in [2.75, 3.05) is 13.1 Å². The Morgan fingerprint density at radius 3 is 2.77 bits per heavy atom. The number of aromatic nitrogens is 3. The summed E-state index contributed by atoms with van der Waals surface area (Å²) >= 11 is 0. The van der Waals surface area contributed by atoms with Gasteiger partial charge >= 0.3 is 0 Å². The van der Waals surface area contributed by atoms with Crippen molar-refractivity contribution >= 4 is 0 Å². The van der Waals surface area contributed by atoms with Crippen LogP contribution in [-0.4, -0.2) is 39.0 Å². The van der Waals surface area contributed by atoms with Crippen LogP contribution in [0.15, 0.2) is 30.7 Å².